The highest BCUT2D eigenvalue weighted by atomic mass is 32.1. The molecule has 28 heavy (non-hydrogen) atoms. The maximum atomic E-state index is 10.8. The van der Waals surface area contributed by atoms with Crippen LogP contribution in [0.4, 0.5) is 11.5 Å². The Balaban J connectivity index is 1.64. The summed E-state index contributed by atoms with van der Waals surface area (Å²) in [5, 5.41) is 16.2. The molecule has 4 rings (SSSR count). The maximum absolute atomic E-state index is 10.8. The summed E-state index contributed by atoms with van der Waals surface area (Å²) in [5.41, 5.74) is 5.31. The molecule has 8 heteroatoms. The van der Waals surface area contributed by atoms with Crippen molar-refractivity contribution in [3.63, 3.8) is 0 Å². The molecule has 1 N–H and O–H groups in total. The van der Waals surface area contributed by atoms with Crippen molar-refractivity contribution in [2.75, 3.05) is 5.43 Å². The first-order chi connectivity index (χ1) is 13.7. The van der Waals surface area contributed by atoms with Gasteiger partial charge in [-0.3, -0.25) is 15.5 Å². The summed E-state index contributed by atoms with van der Waals surface area (Å²) < 4.78 is 0. The third-order valence-electron chi connectivity index (χ3n) is 4.82. The van der Waals surface area contributed by atoms with Gasteiger partial charge >= 0.3 is 0 Å². The van der Waals surface area contributed by atoms with E-state index in [9.17, 15) is 10.1 Å². The Morgan fingerprint density at radius 3 is 2.79 bits per heavy atom. The number of anilines is 1. The highest BCUT2D eigenvalue weighted by Crippen LogP contribution is 2.38. The molecule has 1 aliphatic rings. The molecular formula is C20H21N5O2S. The number of aromatic nitrogens is 2. The van der Waals surface area contributed by atoms with Crippen LogP contribution in [0.2, 0.25) is 0 Å². The first-order valence-corrected chi connectivity index (χ1v) is 10.3. The number of aryl methyl sites for hydroxylation is 3. The van der Waals surface area contributed by atoms with Gasteiger partial charge in [0.25, 0.3) is 5.69 Å². The quantitative estimate of drug-likeness (QED) is 0.365. The highest BCUT2D eigenvalue weighted by Gasteiger charge is 2.21. The summed E-state index contributed by atoms with van der Waals surface area (Å²) in [4.78, 5) is 22.3. The second kappa shape index (κ2) is 8.02. The lowest BCUT2D eigenvalue weighted by molar-refractivity contribution is -0.384. The van der Waals surface area contributed by atoms with E-state index in [0.717, 1.165) is 53.1 Å². The molecule has 0 radical (unpaired) electrons. The van der Waals surface area contributed by atoms with Gasteiger partial charge in [0, 0.05) is 23.4 Å². The fraction of sp³-hybridized carbons (Fsp3) is 0.350. The van der Waals surface area contributed by atoms with Gasteiger partial charge < -0.3 is 0 Å². The minimum atomic E-state index is -0.411. The number of hydrogen-bond acceptors (Lipinski definition) is 7. The molecule has 2 aromatic heterocycles. The van der Waals surface area contributed by atoms with E-state index < -0.39 is 4.92 Å². The highest BCUT2D eigenvalue weighted by molar-refractivity contribution is 7.19. The van der Waals surface area contributed by atoms with Gasteiger partial charge in [-0.2, -0.15) is 5.10 Å². The Bertz CT molecular complexity index is 1040. The van der Waals surface area contributed by atoms with Gasteiger partial charge in [-0.05, 0) is 55.4 Å². The van der Waals surface area contributed by atoms with Crippen LogP contribution in [0.25, 0.3) is 10.2 Å². The van der Waals surface area contributed by atoms with Crippen LogP contribution >= 0.6 is 11.3 Å². The molecule has 0 atom stereocenters. The summed E-state index contributed by atoms with van der Waals surface area (Å²) >= 11 is 1.78. The molecule has 144 valence electrons. The van der Waals surface area contributed by atoms with E-state index in [-0.39, 0.29) is 5.69 Å². The lowest BCUT2D eigenvalue weighted by Crippen LogP contribution is -2.03. The van der Waals surface area contributed by atoms with E-state index in [0.29, 0.717) is 0 Å². The maximum Gasteiger partial charge on any atom is 0.269 e. The van der Waals surface area contributed by atoms with Crippen molar-refractivity contribution < 1.29 is 4.92 Å². The van der Waals surface area contributed by atoms with E-state index in [1.807, 2.05) is 0 Å². The number of rotatable bonds is 6. The Kier molecular flexibility index (Phi) is 5.29. The van der Waals surface area contributed by atoms with E-state index in [2.05, 4.69) is 17.5 Å². The number of fused-ring (bicyclic) bond motifs is 3. The number of nitrogens with zero attached hydrogens (tertiary/aromatic N) is 4. The summed E-state index contributed by atoms with van der Waals surface area (Å²) in [6, 6.07) is 6.29. The smallest absolute Gasteiger partial charge is 0.261 e. The van der Waals surface area contributed by atoms with E-state index in [1.165, 1.54) is 35.4 Å². The zero-order valence-electron chi connectivity index (χ0n) is 15.6. The molecule has 0 spiro atoms. The number of benzene rings is 1. The van der Waals surface area contributed by atoms with E-state index >= 15 is 0 Å². The van der Waals surface area contributed by atoms with Gasteiger partial charge in [-0.25, -0.2) is 9.97 Å². The molecule has 0 unspecified atom stereocenters. The molecule has 7 nitrogen and oxygen atoms in total. The van der Waals surface area contributed by atoms with Crippen LogP contribution in [0.3, 0.4) is 0 Å². The number of nitrogens with one attached hydrogen (secondary N) is 1. The number of thiophene rings is 1. The molecular weight excluding hydrogens is 374 g/mol. The van der Waals surface area contributed by atoms with Crippen LogP contribution in [0.1, 0.15) is 48.0 Å². The van der Waals surface area contributed by atoms with Crippen molar-refractivity contribution in [2.24, 2.45) is 5.10 Å². The summed E-state index contributed by atoms with van der Waals surface area (Å²) in [5.74, 6) is 1.59. The first-order valence-electron chi connectivity index (χ1n) is 9.50. The fourth-order valence-electron chi connectivity index (χ4n) is 3.47. The Morgan fingerprint density at radius 1 is 1.25 bits per heavy atom. The van der Waals surface area contributed by atoms with Crippen molar-refractivity contribution in [2.45, 2.75) is 45.4 Å². The number of nitro benzene ring substituents is 1. The van der Waals surface area contributed by atoms with Gasteiger partial charge in [0.1, 0.15) is 10.7 Å². The van der Waals surface area contributed by atoms with Crippen molar-refractivity contribution in [1.82, 2.24) is 9.97 Å². The zero-order chi connectivity index (χ0) is 19.5. The lowest BCUT2D eigenvalue weighted by atomic mass is 9.97. The predicted molar refractivity (Wildman–Crippen MR) is 112 cm³/mol. The van der Waals surface area contributed by atoms with Gasteiger partial charge in [-0.15, -0.1) is 11.3 Å². The minimum Gasteiger partial charge on any atom is -0.261 e. The summed E-state index contributed by atoms with van der Waals surface area (Å²) in [6.07, 6.45) is 8.08. The molecule has 0 saturated carbocycles. The van der Waals surface area contributed by atoms with Crippen LogP contribution in [0.15, 0.2) is 29.4 Å². The van der Waals surface area contributed by atoms with E-state index in [1.54, 1.807) is 29.7 Å². The largest absolute Gasteiger partial charge is 0.269 e. The van der Waals surface area contributed by atoms with E-state index in [4.69, 9.17) is 9.97 Å². The van der Waals surface area contributed by atoms with Crippen molar-refractivity contribution in [3.05, 3.63) is 56.2 Å². The molecule has 1 aliphatic carbocycles. The topological polar surface area (TPSA) is 93.3 Å². The molecule has 2 heterocycles. The van der Waals surface area contributed by atoms with Crippen LogP contribution in [0, 0.1) is 10.1 Å². The van der Waals surface area contributed by atoms with Crippen molar-refractivity contribution in [1.29, 1.82) is 0 Å². The third-order valence-corrected chi connectivity index (χ3v) is 6.01. The SMILES string of the molecule is CCCc1nc(N/N=C/c2ccc([N+](=O)[O-])cc2)c2c3c(sc2n1)CCCC3. The molecule has 0 fully saturated rings. The monoisotopic (exact) mass is 395 g/mol. The zero-order valence-corrected chi connectivity index (χ0v) is 16.5. The first kappa shape index (κ1) is 18.5. The second-order valence-corrected chi connectivity index (χ2v) is 7.93. The lowest BCUT2D eigenvalue weighted by Gasteiger charge is -2.11. The Morgan fingerprint density at radius 2 is 2.04 bits per heavy atom. The molecule has 0 bridgehead atoms. The summed E-state index contributed by atoms with van der Waals surface area (Å²) in [6.45, 7) is 2.12. The number of non-ortho nitro benzene ring substituents is 1. The molecule has 3 aromatic rings. The second-order valence-electron chi connectivity index (χ2n) is 6.85. The average Bonchev–Trinajstić information content (AvgIpc) is 3.07. The molecule has 0 aliphatic heterocycles. The predicted octanol–water partition coefficient (Wildman–Crippen LogP) is 4.88. The van der Waals surface area contributed by atoms with Crippen LogP contribution in [-0.2, 0) is 19.3 Å². The third kappa shape index (κ3) is 3.73. The molecule has 1 aromatic carbocycles. The Labute approximate surface area is 166 Å². The minimum absolute atomic E-state index is 0.0664. The van der Waals surface area contributed by atoms with Crippen LogP contribution in [0.5, 0.6) is 0 Å². The fourth-order valence-corrected chi connectivity index (χ4v) is 4.75. The van der Waals surface area contributed by atoms with Crippen molar-refractivity contribution in [3.8, 4) is 0 Å². The normalized spacial score (nSPS) is 13.8. The molecule has 0 amide bonds. The number of hydrogen-bond donors (Lipinski definition) is 1. The van der Waals surface area contributed by atoms with Crippen LogP contribution < -0.4 is 5.43 Å². The molecule has 0 saturated heterocycles. The summed E-state index contributed by atoms with van der Waals surface area (Å²) in [7, 11) is 0. The number of hydrazone groups is 1. The average molecular weight is 395 g/mol. The Hall–Kier alpha value is -2.87. The number of nitro groups is 1. The standard InChI is InChI=1S/C20H21N5O2S/c1-2-5-17-22-19(18-15-6-3-4-7-16(15)28-20(18)23-17)24-21-12-13-8-10-14(11-9-13)25(26)27/h8-12H,2-7H2,1H3,(H,22,23,24)/b21-12+. The van der Waals surface area contributed by atoms with Gasteiger partial charge in [0.15, 0.2) is 5.82 Å². The van der Waals surface area contributed by atoms with Crippen LogP contribution in [-0.4, -0.2) is 21.1 Å². The van der Waals surface area contributed by atoms with Gasteiger partial charge in [0.05, 0.1) is 16.5 Å². The van der Waals surface area contributed by atoms with Crippen molar-refractivity contribution >= 4 is 39.3 Å². The van der Waals surface area contributed by atoms with Gasteiger partial charge in [-0.1, -0.05) is 6.92 Å². The van der Waals surface area contributed by atoms with Gasteiger partial charge in [0.2, 0.25) is 0 Å².